The Labute approximate surface area is 135 Å². The van der Waals surface area contributed by atoms with E-state index < -0.39 is 6.61 Å². The third kappa shape index (κ3) is 3.48. The van der Waals surface area contributed by atoms with Gasteiger partial charge in [0.2, 0.25) is 0 Å². The van der Waals surface area contributed by atoms with Crippen molar-refractivity contribution >= 4 is 33.7 Å². The second-order valence-electron chi connectivity index (χ2n) is 4.61. The summed E-state index contributed by atoms with van der Waals surface area (Å²) in [6, 6.07) is 12.8. The predicted octanol–water partition coefficient (Wildman–Crippen LogP) is 5.08. The first kappa shape index (κ1) is 15.4. The molecule has 2 aromatic carbocycles. The molecule has 0 spiro atoms. The van der Waals surface area contributed by atoms with Crippen LogP contribution in [0.15, 0.2) is 42.5 Å². The number of halogens is 2. The summed E-state index contributed by atoms with van der Waals surface area (Å²) in [6.45, 7) is -2.92. The van der Waals surface area contributed by atoms with Crippen molar-refractivity contribution in [1.82, 2.24) is 4.98 Å². The number of nitrogens with zero attached hydrogens (tertiary/aromatic N) is 1. The molecule has 118 valence electrons. The van der Waals surface area contributed by atoms with E-state index >= 15 is 0 Å². The lowest BCUT2D eigenvalue weighted by Gasteiger charge is -2.12. The fourth-order valence-electron chi connectivity index (χ4n) is 2.16. The number of methoxy groups -OCH3 is 1. The standard InChI is InChI=1S/C17H13F2NO2S/c1-21-13-7-4-5-11(16(13)22-17(18)19)9-10-15-20-12-6-2-3-8-14(12)23-15/h2-10,17H,1H3. The number of fused-ring (bicyclic) bond motifs is 1. The molecule has 0 saturated heterocycles. The Morgan fingerprint density at radius 1 is 1.09 bits per heavy atom. The van der Waals surface area contributed by atoms with Gasteiger partial charge in [0.1, 0.15) is 5.01 Å². The summed E-state index contributed by atoms with van der Waals surface area (Å²) >= 11 is 1.53. The molecule has 0 unspecified atom stereocenters. The average molecular weight is 333 g/mol. The van der Waals surface area contributed by atoms with E-state index in [4.69, 9.17) is 4.74 Å². The largest absolute Gasteiger partial charge is 0.493 e. The molecule has 3 aromatic rings. The van der Waals surface area contributed by atoms with Gasteiger partial charge in [-0.05, 0) is 30.4 Å². The second-order valence-corrected chi connectivity index (χ2v) is 5.67. The van der Waals surface area contributed by atoms with Crippen LogP contribution in [-0.2, 0) is 0 Å². The average Bonchev–Trinajstić information content (AvgIpc) is 2.96. The smallest absolute Gasteiger partial charge is 0.387 e. The summed E-state index contributed by atoms with van der Waals surface area (Å²) in [6.07, 6.45) is 3.47. The summed E-state index contributed by atoms with van der Waals surface area (Å²) in [5, 5.41) is 0.789. The van der Waals surface area contributed by atoms with Gasteiger partial charge in [0.05, 0.1) is 17.3 Å². The Morgan fingerprint density at radius 3 is 2.65 bits per heavy atom. The maximum atomic E-state index is 12.6. The van der Waals surface area contributed by atoms with Gasteiger partial charge in [-0.15, -0.1) is 11.3 Å². The van der Waals surface area contributed by atoms with E-state index in [9.17, 15) is 8.78 Å². The molecule has 0 saturated carbocycles. The monoisotopic (exact) mass is 333 g/mol. The fourth-order valence-corrected chi connectivity index (χ4v) is 3.03. The third-order valence-electron chi connectivity index (χ3n) is 3.15. The molecule has 1 aromatic heterocycles. The van der Waals surface area contributed by atoms with Gasteiger partial charge in [0.15, 0.2) is 11.5 Å². The minimum atomic E-state index is -2.92. The van der Waals surface area contributed by atoms with Gasteiger partial charge in [-0.3, -0.25) is 0 Å². The van der Waals surface area contributed by atoms with Crippen LogP contribution in [0, 0.1) is 0 Å². The molecule has 0 amide bonds. The van der Waals surface area contributed by atoms with Gasteiger partial charge < -0.3 is 9.47 Å². The molecule has 0 fully saturated rings. The maximum absolute atomic E-state index is 12.6. The molecule has 0 aliphatic rings. The van der Waals surface area contributed by atoms with Crippen molar-refractivity contribution in [3.05, 3.63) is 53.0 Å². The lowest BCUT2D eigenvalue weighted by atomic mass is 10.1. The number of hydrogen-bond acceptors (Lipinski definition) is 4. The highest BCUT2D eigenvalue weighted by molar-refractivity contribution is 7.19. The van der Waals surface area contributed by atoms with Crippen molar-refractivity contribution in [3.63, 3.8) is 0 Å². The molecule has 1 heterocycles. The molecule has 6 heteroatoms. The first-order valence-corrected chi connectivity index (χ1v) is 7.64. The van der Waals surface area contributed by atoms with Gasteiger partial charge in [0, 0.05) is 5.56 Å². The van der Waals surface area contributed by atoms with Crippen LogP contribution in [-0.4, -0.2) is 18.7 Å². The number of thiazole rings is 1. The van der Waals surface area contributed by atoms with Gasteiger partial charge in [-0.25, -0.2) is 4.98 Å². The molecule has 23 heavy (non-hydrogen) atoms. The van der Waals surface area contributed by atoms with Crippen molar-refractivity contribution in [2.24, 2.45) is 0 Å². The molecule has 0 N–H and O–H groups in total. The van der Waals surface area contributed by atoms with Crippen molar-refractivity contribution < 1.29 is 18.3 Å². The highest BCUT2D eigenvalue weighted by Gasteiger charge is 2.13. The van der Waals surface area contributed by atoms with Crippen molar-refractivity contribution in [2.45, 2.75) is 6.61 Å². The number of benzene rings is 2. The first-order chi connectivity index (χ1) is 11.2. The van der Waals surface area contributed by atoms with Gasteiger partial charge >= 0.3 is 6.61 Å². The molecule has 3 rings (SSSR count). The topological polar surface area (TPSA) is 31.4 Å². The maximum Gasteiger partial charge on any atom is 0.387 e. The zero-order valence-electron chi connectivity index (χ0n) is 12.2. The fraction of sp³-hybridized carbons (Fsp3) is 0.118. The predicted molar refractivity (Wildman–Crippen MR) is 88.2 cm³/mol. The minimum Gasteiger partial charge on any atom is -0.493 e. The summed E-state index contributed by atoms with van der Waals surface area (Å²) in [5.41, 5.74) is 1.41. The molecule has 0 aliphatic carbocycles. The zero-order valence-corrected chi connectivity index (χ0v) is 13.0. The Bertz CT molecular complexity index is 812. The Balaban J connectivity index is 1.94. The lowest BCUT2D eigenvalue weighted by molar-refractivity contribution is -0.0513. The van der Waals surface area contributed by atoms with Crippen LogP contribution in [0.25, 0.3) is 22.4 Å². The van der Waals surface area contributed by atoms with E-state index in [1.807, 2.05) is 24.3 Å². The zero-order chi connectivity index (χ0) is 16.2. The normalized spacial score (nSPS) is 11.5. The van der Waals surface area contributed by atoms with E-state index in [1.165, 1.54) is 18.4 Å². The van der Waals surface area contributed by atoms with Crippen LogP contribution in [0.2, 0.25) is 0 Å². The van der Waals surface area contributed by atoms with E-state index in [1.54, 1.807) is 30.4 Å². The molecular formula is C17H13F2NO2S. The number of hydrogen-bond donors (Lipinski definition) is 0. The van der Waals surface area contributed by atoms with Crippen LogP contribution >= 0.6 is 11.3 Å². The number of alkyl halides is 2. The SMILES string of the molecule is COc1cccc(C=Cc2nc3ccccc3s2)c1OC(F)F. The van der Waals surface area contributed by atoms with Crippen LogP contribution in [0.1, 0.15) is 10.6 Å². The number of rotatable bonds is 5. The number of aromatic nitrogens is 1. The number of para-hydroxylation sites is 2. The van der Waals surface area contributed by atoms with E-state index in [0.717, 1.165) is 15.2 Å². The molecule has 0 radical (unpaired) electrons. The summed E-state index contributed by atoms with van der Waals surface area (Å²) in [5.74, 6) is 0.277. The Hall–Kier alpha value is -2.47. The summed E-state index contributed by atoms with van der Waals surface area (Å²) in [7, 11) is 1.41. The molecule has 0 bridgehead atoms. The minimum absolute atomic E-state index is 0.0161. The highest BCUT2D eigenvalue weighted by atomic mass is 32.1. The lowest BCUT2D eigenvalue weighted by Crippen LogP contribution is -2.04. The van der Waals surface area contributed by atoms with Gasteiger partial charge in [-0.1, -0.05) is 24.3 Å². The number of ether oxygens (including phenoxy) is 2. The Kier molecular flexibility index (Phi) is 4.52. The highest BCUT2D eigenvalue weighted by Crippen LogP contribution is 2.34. The van der Waals surface area contributed by atoms with Gasteiger partial charge in [-0.2, -0.15) is 8.78 Å². The van der Waals surface area contributed by atoms with Crippen LogP contribution < -0.4 is 9.47 Å². The molecule has 0 atom stereocenters. The van der Waals surface area contributed by atoms with E-state index in [2.05, 4.69) is 9.72 Å². The van der Waals surface area contributed by atoms with E-state index in [0.29, 0.717) is 5.56 Å². The molecular weight excluding hydrogens is 320 g/mol. The van der Waals surface area contributed by atoms with E-state index in [-0.39, 0.29) is 11.5 Å². The first-order valence-electron chi connectivity index (χ1n) is 6.83. The van der Waals surface area contributed by atoms with Crippen molar-refractivity contribution in [1.29, 1.82) is 0 Å². The van der Waals surface area contributed by atoms with Crippen LogP contribution in [0.3, 0.4) is 0 Å². The second kappa shape index (κ2) is 6.75. The quantitative estimate of drug-likeness (QED) is 0.653. The molecule has 3 nitrogen and oxygen atoms in total. The van der Waals surface area contributed by atoms with Crippen LogP contribution in [0.4, 0.5) is 8.78 Å². The van der Waals surface area contributed by atoms with Crippen molar-refractivity contribution in [3.8, 4) is 11.5 Å². The summed E-state index contributed by atoms with van der Waals surface area (Å²) in [4.78, 5) is 4.47. The Morgan fingerprint density at radius 2 is 1.91 bits per heavy atom. The molecule has 0 aliphatic heterocycles. The summed E-state index contributed by atoms with van der Waals surface area (Å²) < 4.78 is 36.0. The van der Waals surface area contributed by atoms with Crippen LogP contribution in [0.5, 0.6) is 11.5 Å². The third-order valence-corrected chi connectivity index (χ3v) is 4.15. The van der Waals surface area contributed by atoms with Crippen molar-refractivity contribution in [2.75, 3.05) is 7.11 Å². The van der Waals surface area contributed by atoms with Gasteiger partial charge in [0.25, 0.3) is 0 Å².